The summed E-state index contributed by atoms with van der Waals surface area (Å²) in [6, 6.07) is 85.4. The Morgan fingerprint density at radius 3 is 1.33 bits per heavy atom. The van der Waals surface area contributed by atoms with Gasteiger partial charge in [-0.15, -0.1) is 0 Å². The summed E-state index contributed by atoms with van der Waals surface area (Å²) in [5.74, 6) is 0. The Bertz CT molecular complexity index is 3800. The second-order valence-electron chi connectivity index (χ2n) is 22.9. The standard InChI is InChI=1S/C74H61N/c1-9-48-27-33-52(34-28-48)73(53-35-29-49(10-2)30-36-53)64-24-17-15-22-62(64)70-65(73)25-18-26-69(70)75(56-39-31-51(32-40-56)50-19-12-11-13-20-50)57-41-44-61-58-21-14-16-23-63(58)74(68(61)47-57)66-45-54(71(3,4)5)37-42-59(66)60-43-38-55(46-67(60)74)72(6,7)8/h9-47H,1-2H2,3-8H3. The van der Waals surface area contributed by atoms with Crippen LogP contribution in [0.2, 0.25) is 0 Å². The Labute approximate surface area is 443 Å². The molecule has 13 rings (SSSR count). The Morgan fingerprint density at radius 1 is 0.347 bits per heavy atom. The van der Waals surface area contributed by atoms with E-state index >= 15 is 0 Å². The molecular formula is C74H61N. The van der Waals surface area contributed by atoms with Crippen molar-refractivity contribution >= 4 is 29.2 Å². The fourth-order valence-corrected chi connectivity index (χ4v) is 13.1. The summed E-state index contributed by atoms with van der Waals surface area (Å²) in [5.41, 5.74) is 27.2. The van der Waals surface area contributed by atoms with Gasteiger partial charge in [-0.2, -0.15) is 0 Å². The van der Waals surface area contributed by atoms with Crippen LogP contribution in [0.5, 0.6) is 0 Å². The van der Waals surface area contributed by atoms with E-state index in [0.717, 1.165) is 28.2 Å². The van der Waals surface area contributed by atoms with E-state index < -0.39 is 10.8 Å². The van der Waals surface area contributed by atoms with Crippen molar-refractivity contribution in [1.29, 1.82) is 0 Å². The molecule has 3 aliphatic rings. The second kappa shape index (κ2) is 17.0. The second-order valence-corrected chi connectivity index (χ2v) is 22.9. The van der Waals surface area contributed by atoms with Gasteiger partial charge in [0.1, 0.15) is 0 Å². The smallest absolute Gasteiger partial charge is 0.0726 e. The van der Waals surface area contributed by atoms with Gasteiger partial charge in [0.05, 0.1) is 16.5 Å². The van der Waals surface area contributed by atoms with Crippen LogP contribution >= 0.6 is 0 Å². The molecule has 0 saturated carbocycles. The predicted molar refractivity (Wildman–Crippen MR) is 318 cm³/mol. The lowest BCUT2D eigenvalue weighted by atomic mass is 9.67. The summed E-state index contributed by atoms with van der Waals surface area (Å²) in [6.07, 6.45) is 3.86. The van der Waals surface area contributed by atoms with Crippen molar-refractivity contribution in [1.82, 2.24) is 0 Å². The number of fused-ring (bicyclic) bond motifs is 13. The van der Waals surface area contributed by atoms with Crippen LogP contribution in [0.25, 0.3) is 56.7 Å². The molecule has 1 heteroatoms. The van der Waals surface area contributed by atoms with Crippen molar-refractivity contribution in [3.63, 3.8) is 0 Å². The molecule has 0 radical (unpaired) electrons. The van der Waals surface area contributed by atoms with Gasteiger partial charge >= 0.3 is 0 Å². The maximum atomic E-state index is 4.13. The highest BCUT2D eigenvalue weighted by Crippen LogP contribution is 2.65. The molecule has 0 fully saturated rings. The van der Waals surface area contributed by atoms with Gasteiger partial charge < -0.3 is 4.90 Å². The highest BCUT2D eigenvalue weighted by molar-refractivity contribution is 6.00. The van der Waals surface area contributed by atoms with E-state index in [-0.39, 0.29) is 10.8 Å². The SMILES string of the molecule is C=Cc1ccc(C2(c3ccc(C=C)cc3)c3ccccc3-c3c(N(c4ccc(-c5ccccc5)cc4)c4ccc5c(c4)C4(c6ccccc6-5)c5cc(C(C)(C)C)ccc5-c5ccc(C(C)(C)C)cc54)cccc32)cc1. The predicted octanol–water partition coefficient (Wildman–Crippen LogP) is 19.4. The molecule has 0 bridgehead atoms. The molecule has 1 nitrogen and oxygen atoms in total. The molecule has 0 unspecified atom stereocenters. The number of nitrogens with zero attached hydrogens (tertiary/aromatic N) is 1. The van der Waals surface area contributed by atoms with Crippen molar-refractivity contribution in [2.24, 2.45) is 0 Å². The third-order valence-electron chi connectivity index (χ3n) is 16.8. The zero-order valence-electron chi connectivity index (χ0n) is 43.9. The molecule has 10 aromatic rings. The molecule has 0 aromatic heterocycles. The molecule has 1 spiro atoms. The number of anilines is 3. The van der Waals surface area contributed by atoms with E-state index in [2.05, 4.69) is 284 Å². The maximum Gasteiger partial charge on any atom is 0.0726 e. The summed E-state index contributed by atoms with van der Waals surface area (Å²) in [4.78, 5) is 2.55. The fraction of sp³-hybridized carbons (Fsp3) is 0.135. The van der Waals surface area contributed by atoms with E-state index in [0.29, 0.717) is 0 Å². The summed E-state index contributed by atoms with van der Waals surface area (Å²) >= 11 is 0. The van der Waals surface area contributed by atoms with E-state index in [1.54, 1.807) is 0 Å². The van der Waals surface area contributed by atoms with E-state index in [4.69, 9.17) is 0 Å². The van der Waals surface area contributed by atoms with Gasteiger partial charge in [0, 0.05) is 16.9 Å². The summed E-state index contributed by atoms with van der Waals surface area (Å²) in [6.45, 7) is 22.3. The number of benzene rings is 10. The van der Waals surface area contributed by atoms with Crippen LogP contribution in [0.1, 0.15) is 108 Å². The normalized spacial score (nSPS) is 14.1. The molecule has 75 heavy (non-hydrogen) atoms. The van der Waals surface area contributed by atoms with Gasteiger partial charge in [-0.25, -0.2) is 0 Å². The molecule has 0 amide bonds. The van der Waals surface area contributed by atoms with Gasteiger partial charge in [-0.05, 0) is 147 Å². The van der Waals surface area contributed by atoms with Crippen molar-refractivity contribution in [3.05, 3.63) is 304 Å². The number of hydrogen-bond donors (Lipinski definition) is 0. The van der Waals surface area contributed by atoms with Crippen molar-refractivity contribution < 1.29 is 0 Å². The highest BCUT2D eigenvalue weighted by Gasteiger charge is 2.53. The van der Waals surface area contributed by atoms with Crippen LogP contribution in [0.15, 0.2) is 238 Å². The third-order valence-corrected chi connectivity index (χ3v) is 16.8. The molecule has 0 aliphatic heterocycles. The van der Waals surface area contributed by atoms with E-state index in [1.807, 2.05) is 12.2 Å². The van der Waals surface area contributed by atoms with E-state index in [9.17, 15) is 0 Å². The average molecular weight is 964 g/mol. The van der Waals surface area contributed by atoms with Crippen LogP contribution in [0.3, 0.4) is 0 Å². The zero-order valence-corrected chi connectivity index (χ0v) is 43.9. The van der Waals surface area contributed by atoms with Crippen molar-refractivity contribution in [2.75, 3.05) is 4.90 Å². The van der Waals surface area contributed by atoms with Crippen molar-refractivity contribution in [3.8, 4) is 44.5 Å². The molecule has 0 heterocycles. The Kier molecular flexibility index (Phi) is 10.5. The maximum absolute atomic E-state index is 4.13. The lowest BCUT2D eigenvalue weighted by molar-refractivity contribution is 0.586. The zero-order chi connectivity index (χ0) is 51.4. The monoisotopic (exact) mass is 963 g/mol. The molecule has 10 aromatic carbocycles. The van der Waals surface area contributed by atoms with Gasteiger partial charge in [0.25, 0.3) is 0 Å². The largest absolute Gasteiger partial charge is 0.310 e. The molecule has 0 atom stereocenters. The van der Waals surface area contributed by atoms with Crippen molar-refractivity contribution in [2.45, 2.75) is 63.2 Å². The summed E-state index contributed by atoms with van der Waals surface area (Å²) < 4.78 is 0. The number of hydrogen-bond acceptors (Lipinski definition) is 1. The quantitative estimate of drug-likeness (QED) is 0.147. The van der Waals surface area contributed by atoms with Gasteiger partial charge in [0.15, 0.2) is 0 Å². The Hall–Kier alpha value is -8.52. The molecule has 0 saturated heterocycles. The molecule has 0 N–H and O–H groups in total. The highest BCUT2D eigenvalue weighted by atomic mass is 15.1. The fourth-order valence-electron chi connectivity index (χ4n) is 13.1. The van der Waals surface area contributed by atoms with Crippen LogP contribution in [0.4, 0.5) is 17.1 Å². The van der Waals surface area contributed by atoms with E-state index in [1.165, 1.54) is 100 Å². The van der Waals surface area contributed by atoms with Crippen LogP contribution in [0, 0.1) is 0 Å². The Balaban J connectivity index is 1.11. The average Bonchev–Trinajstić information content (AvgIpc) is 4.10. The minimum Gasteiger partial charge on any atom is -0.310 e. The molecule has 362 valence electrons. The lowest BCUT2D eigenvalue weighted by Gasteiger charge is -2.35. The van der Waals surface area contributed by atoms with Gasteiger partial charge in [0.2, 0.25) is 0 Å². The first-order chi connectivity index (χ1) is 36.3. The number of rotatable bonds is 8. The minimum atomic E-state index is -0.624. The summed E-state index contributed by atoms with van der Waals surface area (Å²) in [7, 11) is 0. The minimum absolute atomic E-state index is 0.0480. The first-order valence-corrected chi connectivity index (χ1v) is 26.6. The Morgan fingerprint density at radius 2 is 0.787 bits per heavy atom. The van der Waals surface area contributed by atoms with Crippen LogP contribution in [-0.4, -0.2) is 0 Å². The first kappa shape index (κ1) is 46.3. The van der Waals surface area contributed by atoms with Gasteiger partial charge in [-0.3, -0.25) is 0 Å². The summed E-state index contributed by atoms with van der Waals surface area (Å²) in [5, 5.41) is 0. The topological polar surface area (TPSA) is 3.24 Å². The van der Waals surface area contributed by atoms with Crippen LogP contribution in [-0.2, 0) is 21.7 Å². The molecule has 3 aliphatic carbocycles. The molecular weight excluding hydrogens is 903 g/mol. The first-order valence-electron chi connectivity index (χ1n) is 26.6. The third kappa shape index (κ3) is 6.84. The lowest BCUT2D eigenvalue weighted by Crippen LogP contribution is -2.28. The van der Waals surface area contributed by atoms with Gasteiger partial charge in [-0.1, -0.05) is 261 Å². The van der Waals surface area contributed by atoms with Crippen LogP contribution < -0.4 is 4.90 Å².